The summed E-state index contributed by atoms with van der Waals surface area (Å²) in [5.41, 5.74) is 5.45. The average molecular weight is 317 g/mol. The number of carbonyl (C=O) groups excluding carboxylic acids is 1. The van der Waals surface area contributed by atoms with Gasteiger partial charge in [0, 0.05) is 23.7 Å². The van der Waals surface area contributed by atoms with Crippen molar-refractivity contribution in [1.82, 2.24) is 5.32 Å². The fraction of sp³-hybridized carbons (Fsp3) is 0.500. The highest BCUT2D eigenvalue weighted by Gasteiger charge is 2.30. The summed E-state index contributed by atoms with van der Waals surface area (Å²) in [6.07, 6.45) is -0.566. The molecule has 0 aliphatic carbocycles. The number of nitrogens with one attached hydrogen (secondary N) is 1. The van der Waals surface area contributed by atoms with Crippen molar-refractivity contribution >= 4 is 17.5 Å². The summed E-state index contributed by atoms with van der Waals surface area (Å²) in [6.45, 7) is 0.240. The molecule has 1 aromatic carbocycles. The van der Waals surface area contributed by atoms with E-state index < -0.39 is 18.0 Å². The maximum Gasteiger partial charge on any atom is 0.249 e. The summed E-state index contributed by atoms with van der Waals surface area (Å²) >= 11 is 5.85. The lowest BCUT2D eigenvalue weighted by Gasteiger charge is -2.17. The number of aliphatic hydroxyl groups excluding tert-OH is 1. The van der Waals surface area contributed by atoms with Crippen LogP contribution in [0.3, 0.4) is 0 Å². The normalized spacial score (nSPS) is 23.0. The van der Waals surface area contributed by atoms with Gasteiger partial charge in [-0.05, 0) is 25.0 Å². The molecule has 4 N–H and O–H groups in total. The number of rotatable bonds is 5. The van der Waals surface area contributed by atoms with Gasteiger partial charge < -0.3 is 20.9 Å². The van der Waals surface area contributed by atoms with Gasteiger partial charge in [-0.2, -0.15) is 0 Å². The number of carbonyl (C=O) groups is 1. The Morgan fingerprint density at radius 3 is 2.95 bits per heavy atom. The second-order valence-corrected chi connectivity index (χ2v) is 5.36. The van der Waals surface area contributed by atoms with Gasteiger partial charge in [0.05, 0.1) is 6.10 Å². The van der Waals surface area contributed by atoms with Crippen molar-refractivity contribution in [2.75, 3.05) is 13.1 Å². The van der Waals surface area contributed by atoms with Gasteiger partial charge >= 0.3 is 0 Å². The second-order valence-electron chi connectivity index (χ2n) is 4.96. The molecule has 2 rings (SSSR count). The van der Waals surface area contributed by atoms with Crippen LogP contribution < -0.4 is 11.1 Å². The number of nitrogens with two attached hydrogens (primary N) is 1. The molecular formula is C14H18ClFN2O3. The van der Waals surface area contributed by atoms with Crippen molar-refractivity contribution in [3.8, 4) is 0 Å². The fourth-order valence-electron chi connectivity index (χ4n) is 2.31. The standard InChI is InChI=1S/C14H18ClFN2O3/c15-9-2-1-3-10(16)13(9)11(19)7-18-14(20)12-5-4-8(6-17)21-12/h1-3,8,11-12,19H,4-7,17H2,(H,18,20)/t8-,11?,12+/m1/s1. The molecule has 0 radical (unpaired) electrons. The molecule has 3 atom stereocenters. The molecule has 1 heterocycles. The lowest BCUT2D eigenvalue weighted by molar-refractivity contribution is -0.132. The van der Waals surface area contributed by atoms with Gasteiger partial charge in [0.1, 0.15) is 18.0 Å². The van der Waals surface area contributed by atoms with Crippen molar-refractivity contribution in [3.63, 3.8) is 0 Å². The molecule has 0 aromatic heterocycles. The number of halogens is 2. The van der Waals surface area contributed by atoms with Gasteiger partial charge in [0.25, 0.3) is 0 Å². The Morgan fingerprint density at radius 1 is 1.57 bits per heavy atom. The Morgan fingerprint density at radius 2 is 2.33 bits per heavy atom. The first kappa shape index (κ1) is 16.2. The van der Waals surface area contributed by atoms with E-state index in [4.69, 9.17) is 22.1 Å². The minimum Gasteiger partial charge on any atom is -0.386 e. The predicted octanol–water partition coefficient (Wildman–Crippen LogP) is 1.13. The summed E-state index contributed by atoms with van der Waals surface area (Å²) in [5.74, 6) is -0.943. The van der Waals surface area contributed by atoms with Crippen LogP contribution in [-0.4, -0.2) is 36.3 Å². The van der Waals surface area contributed by atoms with Gasteiger partial charge in [0.15, 0.2) is 0 Å². The van der Waals surface area contributed by atoms with Crippen molar-refractivity contribution in [3.05, 3.63) is 34.6 Å². The molecule has 1 saturated heterocycles. The topological polar surface area (TPSA) is 84.6 Å². The van der Waals surface area contributed by atoms with Gasteiger partial charge in [-0.25, -0.2) is 4.39 Å². The Labute approximate surface area is 127 Å². The van der Waals surface area contributed by atoms with E-state index in [1.807, 2.05) is 0 Å². The third kappa shape index (κ3) is 3.91. The van der Waals surface area contributed by atoms with Crippen LogP contribution in [-0.2, 0) is 9.53 Å². The summed E-state index contributed by atoms with van der Waals surface area (Å²) < 4.78 is 19.1. The van der Waals surface area contributed by atoms with E-state index in [2.05, 4.69) is 5.32 Å². The highest BCUT2D eigenvalue weighted by Crippen LogP contribution is 2.25. The minimum atomic E-state index is -1.21. The number of hydrogen-bond acceptors (Lipinski definition) is 4. The van der Waals surface area contributed by atoms with E-state index in [0.717, 1.165) is 6.42 Å². The van der Waals surface area contributed by atoms with Crippen LogP contribution in [0.25, 0.3) is 0 Å². The summed E-state index contributed by atoms with van der Waals surface area (Å²) in [7, 11) is 0. The van der Waals surface area contributed by atoms with E-state index in [-0.39, 0.29) is 29.1 Å². The van der Waals surface area contributed by atoms with Gasteiger partial charge in [-0.3, -0.25) is 4.79 Å². The van der Waals surface area contributed by atoms with Crippen molar-refractivity contribution < 1.29 is 19.0 Å². The molecule has 0 spiro atoms. The predicted molar refractivity (Wildman–Crippen MR) is 76.3 cm³/mol. The molecular weight excluding hydrogens is 299 g/mol. The first-order valence-electron chi connectivity index (χ1n) is 6.78. The second kappa shape index (κ2) is 7.17. The number of amides is 1. The smallest absolute Gasteiger partial charge is 0.249 e. The van der Waals surface area contributed by atoms with E-state index in [1.165, 1.54) is 18.2 Å². The third-order valence-electron chi connectivity index (χ3n) is 3.47. The van der Waals surface area contributed by atoms with Gasteiger partial charge in [0.2, 0.25) is 5.91 Å². The molecule has 0 saturated carbocycles. The Bertz CT molecular complexity index is 495. The number of ether oxygens (including phenoxy) is 1. The molecule has 1 fully saturated rings. The first-order chi connectivity index (χ1) is 10.0. The number of hydrogen-bond donors (Lipinski definition) is 3. The van der Waals surface area contributed by atoms with Gasteiger partial charge in [-0.15, -0.1) is 0 Å². The average Bonchev–Trinajstić information content (AvgIpc) is 2.93. The molecule has 116 valence electrons. The Kier molecular flexibility index (Phi) is 5.52. The Balaban J connectivity index is 1.89. The van der Waals surface area contributed by atoms with E-state index in [0.29, 0.717) is 13.0 Å². The van der Waals surface area contributed by atoms with Crippen LogP contribution in [0.15, 0.2) is 18.2 Å². The van der Waals surface area contributed by atoms with E-state index in [9.17, 15) is 14.3 Å². The highest BCUT2D eigenvalue weighted by atomic mass is 35.5. The van der Waals surface area contributed by atoms with Gasteiger partial charge in [-0.1, -0.05) is 17.7 Å². The quantitative estimate of drug-likeness (QED) is 0.760. The molecule has 7 heteroatoms. The molecule has 21 heavy (non-hydrogen) atoms. The zero-order valence-electron chi connectivity index (χ0n) is 11.4. The van der Waals surface area contributed by atoms with Crippen molar-refractivity contribution in [1.29, 1.82) is 0 Å². The van der Waals surface area contributed by atoms with Crippen LogP contribution in [0.4, 0.5) is 4.39 Å². The summed E-state index contributed by atoms with van der Waals surface area (Å²) in [6, 6.07) is 4.14. The summed E-state index contributed by atoms with van der Waals surface area (Å²) in [5, 5.41) is 12.6. The maximum absolute atomic E-state index is 13.6. The molecule has 0 bridgehead atoms. The highest BCUT2D eigenvalue weighted by molar-refractivity contribution is 6.31. The van der Waals surface area contributed by atoms with Crippen molar-refractivity contribution in [2.24, 2.45) is 5.73 Å². The number of aliphatic hydroxyl groups is 1. The van der Waals surface area contributed by atoms with Crippen LogP contribution in [0.1, 0.15) is 24.5 Å². The lowest BCUT2D eigenvalue weighted by atomic mass is 10.1. The van der Waals surface area contributed by atoms with Crippen LogP contribution in [0.5, 0.6) is 0 Å². The van der Waals surface area contributed by atoms with Crippen LogP contribution in [0.2, 0.25) is 5.02 Å². The molecule has 1 aliphatic rings. The monoisotopic (exact) mass is 316 g/mol. The minimum absolute atomic E-state index is 0.0216. The molecule has 1 aromatic rings. The van der Waals surface area contributed by atoms with E-state index >= 15 is 0 Å². The lowest BCUT2D eigenvalue weighted by Crippen LogP contribution is -2.37. The Hall–Kier alpha value is -1.21. The number of benzene rings is 1. The molecule has 1 amide bonds. The maximum atomic E-state index is 13.6. The SMILES string of the molecule is NC[C@H]1CC[C@@H](C(=O)NCC(O)c2c(F)cccc2Cl)O1. The van der Waals surface area contributed by atoms with Crippen molar-refractivity contribution in [2.45, 2.75) is 31.2 Å². The molecule has 1 unspecified atom stereocenters. The third-order valence-corrected chi connectivity index (χ3v) is 3.80. The summed E-state index contributed by atoms with van der Waals surface area (Å²) in [4.78, 5) is 11.9. The largest absolute Gasteiger partial charge is 0.386 e. The zero-order valence-corrected chi connectivity index (χ0v) is 12.1. The van der Waals surface area contributed by atoms with Crippen LogP contribution >= 0.6 is 11.6 Å². The van der Waals surface area contributed by atoms with Crippen LogP contribution in [0, 0.1) is 5.82 Å². The fourth-order valence-corrected chi connectivity index (χ4v) is 2.60. The zero-order chi connectivity index (χ0) is 15.4. The van der Waals surface area contributed by atoms with E-state index in [1.54, 1.807) is 0 Å². The molecule has 5 nitrogen and oxygen atoms in total. The molecule has 1 aliphatic heterocycles. The first-order valence-corrected chi connectivity index (χ1v) is 7.16.